The Morgan fingerprint density at radius 3 is 2.87 bits per heavy atom. The first-order chi connectivity index (χ1) is 7.05. The van der Waals surface area contributed by atoms with Crippen molar-refractivity contribution in [3.63, 3.8) is 0 Å². The first-order valence-corrected chi connectivity index (χ1v) is 5.61. The van der Waals surface area contributed by atoms with Crippen molar-refractivity contribution in [3.8, 4) is 0 Å². The predicted octanol–water partition coefficient (Wildman–Crippen LogP) is 2.78. The Hall–Kier alpha value is -1.12. The number of nitrogens with zero attached hydrogens (tertiary/aromatic N) is 2. The van der Waals surface area contributed by atoms with Gasteiger partial charge in [0.15, 0.2) is 0 Å². The topological polar surface area (TPSA) is 37.8 Å². The fourth-order valence-corrected chi connectivity index (χ4v) is 2.30. The van der Waals surface area contributed by atoms with Gasteiger partial charge in [-0.15, -0.1) is 5.10 Å². The normalized spacial score (nSPS) is 24.1. The van der Waals surface area contributed by atoms with Gasteiger partial charge in [0.05, 0.1) is 6.20 Å². The second-order valence-corrected chi connectivity index (χ2v) is 5.37. The number of rotatable bonds is 2. The molecule has 1 atom stereocenters. The van der Waals surface area contributed by atoms with Crippen molar-refractivity contribution in [1.29, 1.82) is 0 Å². The molecular formula is C12H19N3. The maximum atomic E-state index is 4.09. The Morgan fingerprint density at radius 2 is 2.27 bits per heavy atom. The molecule has 0 amide bonds. The molecule has 1 aliphatic rings. The van der Waals surface area contributed by atoms with Gasteiger partial charge in [-0.1, -0.05) is 13.8 Å². The van der Waals surface area contributed by atoms with Gasteiger partial charge in [-0.05, 0) is 43.2 Å². The number of aryl methyl sites for hydroxylation is 1. The van der Waals surface area contributed by atoms with Crippen LogP contribution in [0.3, 0.4) is 0 Å². The van der Waals surface area contributed by atoms with Crippen LogP contribution in [-0.4, -0.2) is 16.2 Å². The number of hydrogen-bond donors (Lipinski definition) is 1. The van der Waals surface area contributed by atoms with Crippen LogP contribution in [0.25, 0.3) is 0 Å². The first kappa shape index (κ1) is 10.4. The predicted molar refractivity (Wildman–Crippen MR) is 61.8 cm³/mol. The lowest BCUT2D eigenvalue weighted by Gasteiger charge is -2.18. The molecule has 1 unspecified atom stereocenters. The Labute approximate surface area is 91.3 Å². The van der Waals surface area contributed by atoms with Gasteiger partial charge in [0.1, 0.15) is 5.82 Å². The van der Waals surface area contributed by atoms with Crippen LogP contribution in [0.4, 0.5) is 5.82 Å². The molecule has 1 heterocycles. The van der Waals surface area contributed by atoms with Crippen molar-refractivity contribution < 1.29 is 0 Å². The van der Waals surface area contributed by atoms with Gasteiger partial charge in [-0.2, -0.15) is 5.10 Å². The zero-order chi connectivity index (χ0) is 10.9. The van der Waals surface area contributed by atoms with E-state index < -0.39 is 0 Å². The molecule has 0 saturated heterocycles. The molecule has 2 rings (SSSR count). The Balaban J connectivity index is 1.99. The first-order valence-electron chi connectivity index (χ1n) is 5.61. The number of anilines is 1. The van der Waals surface area contributed by atoms with E-state index in [0.717, 1.165) is 11.4 Å². The summed E-state index contributed by atoms with van der Waals surface area (Å²) in [5, 5.41) is 11.5. The van der Waals surface area contributed by atoms with E-state index in [1.54, 1.807) is 6.20 Å². The van der Waals surface area contributed by atoms with Gasteiger partial charge in [0.25, 0.3) is 0 Å². The Bertz CT molecular complexity index is 346. The SMILES string of the molecule is Cc1cnnc(NC2CCC(C)(C)C2)c1. The van der Waals surface area contributed by atoms with Crippen molar-refractivity contribution in [2.75, 3.05) is 5.32 Å². The average Bonchev–Trinajstić information content (AvgIpc) is 2.45. The van der Waals surface area contributed by atoms with Gasteiger partial charge >= 0.3 is 0 Å². The summed E-state index contributed by atoms with van der Waals surface area (Å²) in [6.07, 6.45) is 5.54. The maximum absolute atomic E-state index is 4.09. The molecule has 1 N–H and O–H groups in total. The minimum Gasteiger partial charge on any atom is -0.366 e. The summed E-state index contributed by atoms with van der Waals surface area (Å²) in [5.41, 5.74) is 1.64. The highest BCUT2D eigenvalue weighted by molar-refractivity contribution is 5.36. The summed E-state index contributed by atoms with van der Waals surface area (Å²) in [6, 6.07) is 2.62. The minimum atomic E-state index is 0.481. The molecule has 15 heavy (non-hydrogen) atoms. The third-order valence-corrected chi connectivity index (χ3v) is 3.11. The monoisotopic (exact) mass is 205 g/mol. The van der Waals surface area contributed by atoms with Crippen LogP contribution in [0.15, 0.2) is 12.3 Å². The zero-order valence-electron chi connectivity index (χ0n) is 9.75. The lowest BCUT2D eigenvalue weighted by Crippen LogP contribution is -2.18. The van der Waals surface area contributed by atoms with Gasteiger partial charge in [-0.3, -0.25) is 0 Å². The molecule has 3 nitrogen and oxygen atoms in total. The summed E-state index contributed by atoms with van der Waals surface area (Å²) in [5.74, 6) is 0.915. The third kappa shape index (κ3) is 2.67. The van der Waals surface area contributed by atoms with Crippen molar-refractivity contribution >= 4 is 5.82 Å². The Morgan fingerprint density at radius 1 is 1.47 bits per heavy atom. The largest absolute Gasteiger partial charge is 0.366 e. The summed E-state index contributed by atoms with van der Waals surface area (Å²) in [4.78, 5) is 0. The Kier molecular flexibility index (Phi) is 2.63. The molecule has 1 aromatic rings. The van der Waals surface area contributed by atoms with Crippen LogP contribution < -0.4 is 5.32 Å². The van der Waals surface area contributed by atoms with Crippen molar-refractivity contribution in [3.05, 3.63) is 17.8 Å². The van der Waals surface area contributed by atoms with E-state index in [4.69, 9.17) is 0 Å². The van der Waals surface area contributed by atoms with Gasteiger partial charge in [0, 0.05) is 6.04 Å². The third-order valence-electron chi connectivity index (χ3n) is 3.11. The summed E-state index contributed by atoms with van der Waals surface area (Å²) >= 11 is 0. The van der Waals surface area contributed by atoms with Gasteiger partial charge in [-0.25, -0.2) is 0 Å². The molecule has 0 radical (unpaired) electrons. The highest BCUT2D eigenvalue weighted by Gasteiger charge is 2.30. The minimum absolute atomic E-state index is 0.481. The van der Waals surface area contributed by atoms with E-state index in [0.29, 0.717) is 11.5 Å². The lowest BCUT2D eigenvalue weighted by molar-refractivity contribution is 0.378. The highest BCUT2D eigenvalue weighted by Crippen LogP contribution is 2.37. The van der Waals surface area contributed by atoms with Gasteiger partial charge < -0.3 is 5.32 Å². The summed E-state index contributed by atoms with van der Waals surface area (Å²) in [7, 11) is 0. The van der Waals surface area contributed by atoms with Crippen molar-refractivity contribution in [2.45, 2.75) is 46.1 Å². The van der Waals surface area contributed by atoms with Crippen molar-refractivity contribution in [2.24, 2.45) is 5.41 Å². The summed E-state index contributed by atoms with van der Waals surface area (Å²) < 4.78 is 0. The van der Waals surface area contributed by atoms with E-state index in [2.05, 4.69) is 35.4 Å². The number of hydrogen-bond acceptors (Lipinski definition) is 3. The fourth-order valence-electron chi connectivity index (χ4n) is 2.30. The zero-order valence-corrected chi connectivity index (χ0v) is 9.75. The fraction of sp³-hybridized carbons (Fsp3) is 0.667. The van der Waals surface area contributed by atoms with E-state index >= 15 is 0 Å². The molecule has 3 heteroatoms. The van der Waals surface area contributed by atoms with Crippen LogP contribution in [-0.2, 0) is 0 Å². The molecule has 1 aliphatic carbocycles. The average molecular weight is 205 g/mol. The van der Waals surface area contributed by atoms with Crippen LogP contribution in [0, 0.1) is 12.3 Å². The van der Waals surface area contributed by atoms with Gasteiger partial charge in [0.2, 0.25) is 0 Å². The second-order valence-electron chi connectivity index (χ2n) is 5.37. The molecule has 1 fully saturated rings. The smallest absolute Gasteiger partial charge is 0.149 e. The van der Waals surface area contributed by atoms with Crippen LogP contribution in [0.1, 0.15) is 38.7 Å². The quantitative estimate of drug-likeness (QED) is 0.806. The molecule has 1 saturated carbocycles. The standard InChI is InChI=1S/C12H19N3/c1-9-6-11(15-13-8-9)14-10-4-5-12(2,3)7-10/h6,8,10H,4-5,7H2,1-3H3,(H,14,15). The van der Waals surface area contributed by atoms with Crippen LogP contribution >= 0.6 is 0 Å². The molecule has 0 bridgehead atoms. The molecule has 0 aliphatic heterocycles. The van der Waals surface area contributed by atoms with E-state index in [-0.39, 0.29) is 0 Å². The van der Waals surface area contributed by atoms with Crippen molar-refractivity contribution in [1.82, 2.24) is 10.2 Å². The second kappa shape index (κ2) is 3.80. The number of nitrogens with one attached hydrogen (secondary N) is 1. The van der Waals surface area contributed by atoms with Crippen LogP contribution in [0.5, 0.6) is 0 Å². The van der Waals surface area contributed by atoms with Crippen LogP contribution in [0.2, 0.25) is 0 Å². The van der Waals surface area contributed by atoms with E-state index in [1.165, 1.54) is 19.3 Å². The summed E-state index contributed by atoms with van der Waals surface area (Å²) in [6.45, 7) is 6.70. The molecule has 82 valence electrons. The van der Waals surface area contributed by atoms with E-state index in [9.17, 15) is 0 Å². The maximum Gasteiger partial charge on any atom is 0.149 e. The lowest BCUT2D eigenvalue weighted by atomic mass is 9.92. The molecule has 1 aromatic heterocycles. The molecule has 0 aromatic carbocycles. The van der Waals surface area contributed by atoms with E-state index in [1.807, 2.05) is 6.92 Å². The molecular weight excluding hydrogens is 186 g/mol. The highest BCUT2D eigenvalue weighted by atomic mass is 15.2. The number of aromatic nitrogens is 2. The molecule has 0 spiro atoms.